The monoisotopic (exact) mass is 343 g/mol. The fourth-order valence-corrected chi connectivity index (χ4v) is 1.61. The summed E-state index contributed by atoms with van der Waals surface area (Å²) in [7, 11) is 0. The van der Waals surface area contributed by atoms with E-state index >= 15 is 0 Å². The fourth-order valence-electron chi connectivity index (χ4n) is 0.921. The highest BCUT2D eigenvalue weighted by Gasteiger charge is 2.42. The summed E-state index contributed by atoms with van der Waals surface area (Å²) in [5.41, 5.74) is -1.67. The molecule has 17 heavy (non-hydrogen) atoms. The second-order valence-corrected chi connectivity index (χ2v) is 3.86. The lowest BCUT2D eigenvalue weighted by Gasteiger charge is -2.16. The molecule has 10 heteroatoms. The van der Waals surface area contributed by atoms with Gasteiger partial charge < -0.3 is 4.74 Å². The number of aromatic nitrogens is 1. The van der Waals surface area contributed by atoms with Gasteiger partial charge in [0.15, 0.2) is 10.9 Å². The molecule has 1 rings (SSSR count). The SMILES string of the molecule is FC(F)(F)Oc1c(Cl)ncc(Br)c1C(F)(F)F. The van der Waals surface area contributed by atoms with Crippen molar-refractivity contribution in [1.82, 2.24) is 4.98 Å². The largest absolute Gasteiger partial charge is 0.573 e. The van der Waals surface area contributed by atoms with E-state index in [9.17, 15) is 26.3 Å². The molecule has 0 fully saturated rings. The molecule has 0 saturated carbocycles. The molecule has 1 aromatic heterocycles. The number of pyridine rings is 1. The maximum Gasteiger partial charge on any atom is 0.573 e. The van der Waals surface area contributed by atoms with E-state index in [-0.39, 0.29) is 0 Å². The number of halogens is 8. The fraction of sp³-hybridized carbons (Fsp3) is 0.286. The van der Waals surface area contributed by atoms with Crippen molar-refractivity contribution < 1.29 is 31.1 Å². The Labute approximate surface area is 104 Å². The molecule has 0 aliphatic carbocycles. The van der Waals surface area contributed by atoms with E-state index in [1.807, 2.05) is 0 Å². The van der Waals surface area contributed by atoms with Gasteiger partial charge in [-0.1, -0.05) is 11.6 Å². The standard InChI is InChI=1S/C7HBrClF6NO/c8-2-1-16-5(9)4(17-7(13,14)15)3(2)6(10,11)12/h1H. The van der Waals surface area contributed by atoms with Crippen LogP contribution in [0, 0.1) is 0 Å². The number of hydrogen-bond acceptors (Lipinski definition) is 2. The average Bonchev–Trinajstić information content (AvgIpc) is 2.06. The Balaban J connectivity index is 3.41. The quantitative estimate of drug-likeness (QED) is 0.556. The first-order chi connectivity index (χ1) is 7.52. The molecule has 0 radical (unpaired) electrons. The minimum atomic E-state index is -5.30. The number of nitrogens with zero attached hydrogens (tertiary/aromatic N) is 1. The van der Waals surface area contributed by atoms with Gasteiger partial charge in [-0.3, -0.25) is 0 Å². The molecule has 1 aromatic rings. The van der Waals surface area contributed by atoms with Crippen molar-refractivity contribution in [2.75, 3.05) is 0 Å². The third kappa shape index (κ3) is 3.63. The zero-order valence-electron chi connectivity index (χ0n) is 7.46. The Bertz CT molecular complexity index is 432. The van der Waals surface area contributed by atoms with Gasteiger partial charge in [0.05, 0.1) is 4.47 Å². The zero-order valence-corrected chi connectivity index (χ0v) is 9.80. The highest BCUT2D eigenvalue weighted by molar-refractivity contribution is 9.10. The van der Waals surface area contributed by atoms with Crippen LogP contribution in [-0.4, -0.2) is 11.3 Å². The van der Waals surface area contributed by atoms with Crippen molar-refractivity contribution in [1.29, 1.82) is 0 Å². The van der Waals surface area contributed by atoms with Crippen LogP contribution in [0.2, 0.25) is 5.15 Å². The lowest BCUT2D eigenvalue weighted by atomic mass is 10.2. The Morgan fingerprint density at radius 3 is 2.12 bits per heavy atom. The van der Waals surface area contributed by atoms with Gasteiger partial charge in [-0.2, -0.15) is 13.2 Å². The Kier molecular flexibility index (Phi) is 3.82. The molecule has 0 spiro atoms. The Morgan fingerprint density at radius 2 is 1.71 bits per heavy atom. The molecule has 1 heterocycles. The van der Waals surface area contributed by atoms with Crippen LogP contribution in [0.25, 0.3) is 0 Å². The van der Waals surface area contributed by atoms with Crippen molar-refractivity contribution in [3.05, 3.63) is 21.4 Å². The number of rotatable bonds is 1. The van der Waals surface area contributed by atoms with E-state index in [2.05, 4.69) is 25.7 Å². The minimum Gasteiger partial charge on any atom is -0.402 e. The van der Waals surface area contributed by atoms with Gasteiger partial charge in [-0.15, -0.1) is 13.2 Å². The van der Waals surface area contributed by atoms with Crippen LogP contribution in [-0.2, 0) is 6.18 Å². The molecule has 0 aliphatic heterocycles. The molecular formula is C7HBrClF6NO. The van der Waals surface area contributed by atoms with Crippen molar-refractivity contribution in [3.63, 3.8) is 0 Å². The maximum atomic E-state index is 12.5. The molecule has 96 valence electrons. The van der Waals surface area contributed by atoms with E-state index < -0.39 is 33.5 Å². The number of ether oxygens (including phenoxy) is 1. The van der Waals surface area contributed by atoms with Gasteiger partial charge in [-0.25, -0.2) is 4.98 Å². The summed E-state index contributed by atoms with van der Waals surface area (Å²) in [5.74, 6) is -1.58. The summed E-state index contributed by atoms with van der Waals surface area (Å²) in [4.78, 5) is 3.13. The molecule has 0 aromatic carbocycles. The lowest BCUT2D eigenvalue weighted by Crippen LogP contribution is -2.21. The highest BCUT2D eigenvalue weighted by Crippen LogP contribution is 2.45. The Hall–Kier alpha value is -0.700. The molecule has 0 saturated heterocycles. The van der Waals surface area contributed by atoms with Crippen LogP contribution >= 0.6 is 27.5 Å². The zero-order chi connectivity index (χ0) is 13.4. The van der Waals surface area contributed by atoms with E-state index in [0.717, 1.165) is 0 Å². The first kappa shape index (κ1) is 14.4. The van der Waals surface area contributed by atoms with E-state index in [0.29, 0.717) is 6.20 Å². The highest BCUT2D eigenvalue weighted by atomic mass is 79.9. The maximum absolute atomic E-state index is 12.5. The van der Waals surface area contributed by atoms with Gasteiger partial charge in [0.25, 0.3) is 0 Å². The summed E-state index contributed by atoms with van der Waals surface area (Å²) >= 11 is 7.59. The summed E-state index contributed by atoms with van der Waals surface area (Å²) in [5, 5.41) is -1.03. The smallest absolute Gasteiger partial charge is 0.402 e. The number of hydrogen-bond donors (Lipinski definition) is 0. The lowest BCUT2D eigenvalue weighted by molar-refractivity contribution is -0.276. The molecule has 0 amide bonds. The van der Waals surface area contributed by atoms with Crippen molar-refractivity contribution >= 4 is 27.5 Å². The second kappa shape index (κ2) is 4.52. The van der Waals surface area contributed by atoms with Crippen LogP contribution in [0.1, 0.15) is 5.56 Å². The molecule has 0 unspecified atom stereocenters. The molecule has 2 nitrogen and oxygen atoms in total. The normalized spacial score (nSPS) is 12.7. The van der Waals surface area contributed by atoms with Gasteiger partial charge in [0.2, 0.25) is 0 Å². The molecule has 0 atom stereocenters. The van der Waals surface area contributed by atoms with Crippen LogP contribution in [0.3, 0.4) is 0 Å². The molecule has 0 aliphatic rings. The molecule has 0 N–H and O–H groups in total. The predicted molar refractivity (Wildman–Crippen MR) is 48.6 cm³/mol. The van der Waals surface area contributed by atoms with Gasteiger partial charge in [-0.05, 0) is 15.9 Å². The van der Waals surface area contributed by atoms with Crippen molar-refractivity contribution in [2.45, 2.75) is 12.5 Å². The third-order valence-corrected chi connectivity index (χ3v) is 2.32. The minimum absolute atomic E-state index is 0.633. The van der Waals surface area contributed by atoms with Gasteiger partial charge in [0, 0.05) is 6.20 Å². The first-order valence-electron chi connectivity index (χ1n) is 3.69. The van der Waals surface area contributed by atoms with Crippen LogP contribution in [0.15, 0.2) is 10.7 Å². The summed E-state index contributed by atoms with van der Waals surface area (Å²) in [6.07, 6.45) is -9.73. The average molecular weight is 344 g/mol. The van der Waals surface area contributed by atoms with Crippen molar-refractivity contribution in [2.24, 2.45) is 0 Å². The second-order valence-electron chi connectivity index (χ2n) is 2.65. The summed E-state index contributed by atoms with van der Waals surface area (Å²) in [6.45, 7) is 0. The first-order valence-corrected chi connectivity index (χ1v) is 4.86. The summed E-state index contributed by atoms with van der Waals surface area (Å²) in [6, 6.07) is 0. The summed E-state index contributed by atoms with van der Waals surface area (Å²) < 4.78 is 75.8. The third-order valence-electron chi connectivity index (χ3n) is 1.45. The Morgan fingerprint density at radius 1 is 1.18 bits per heavy atom. The topological polar surface area (TPSA) is 22.1 Å². The molecular weight excluding hydrogens is 343 g/mol. The van der Waals surface area contributed by atoms with Crippen LogP contribution < -0.4 is 4.74 Å². The molecule has 0 bridgehead atoms. The van der Waals surface area contributed by atoms with Crippen molar-refractivity contribution in [3.8, 4) is 5.75 Å². The number of alkyl halides is 6. The van der Waals surface area contributed by atoms with Gasteiger partial charge in [0.1, 0.15) is 5.56 Å². The van der Waals surface area contributed by atoms with Gasteiger partial charge >= 0.3 is 12.5 Å². The van der Waals surface area contributed by atoms with Crippen LogP contribution in [0.4, 0.5) is 26.3 Å². The van der Waals surface area contributed by atoms with Crippen LogP contribution in [0.5, 0.6) is 5.75 Å². The van der Waals surface area contributed by atoms with E-state index in [1.165, 1.54) is 0 Å². The predicted octanol–water partition coefficient (Wildman–Crippen LogP) is 4.41. The van der Waals surface area contributed by atoms with E-state index in [1.54, 1.807) is 0 Å². The van der Waals surface area contributed by atoms with E-state index in [4.69, 9.17) is 11.6 Å².